The maximum Gasteiger partial charge on any atom is 0.242 e. The van der Waals surface area contributed by atoms with Gasteiger partial charge < -0.3 is 16.0 Å². The molecular weight excluding hydrogens is 395 g/mol. The van der Waals surface area contributed by atoms with E-state index in [1.165, 1.54) is 4.88 Å². The molecule has 1 aliphatic rings. The van der Waals surface area contributed by atoms with Crippen LogP contribution >= 0.6 is 36.2 Å². The number of amides is 2. The molecule has 1 atom stereocenters. The van der Waals surface area contributed by atoms with Crippen LogP contribution in [0.15, 0.2) is 17.5 Å². The summed E-state index contributed by atoms with van der Waals surface area (Å²) in [5.74, 6) is -0.225. The van der Waals surface area contributed by atoms with Crippen LogP contribution in [0.1, 0.15) is 18.7 Å². The van der Waals surface area contributed by atoms with E-state index >= 15 is 0 Å². The number of hydrogen-bond donors (Lipinski definition) is 2. The fourth-order valence-electron chi connectivity index (χ4n) is 2.64. The SMILES string of the molecule is CC(C)[C@H](N)C(=O)NCC(=O)N1CCN(CCc2cccs2)CC1.Cl.Cl. The summed E-state index contributed by atoms with van der Waals surface area (Å²) in [7, 11) is 0. The molecule has 1 aromatic rings. The first-order valence-electron chi connectivity index (χ1n) is 8.53. The molecule has 0 aromatic carbocycles. The fourth-order valence-corrected chi connectivity index (χ4v) is 3.34. The third-order valence-electron chi connectivity index (χ3n) is 4.41. The molecule has 0 radical (unpaired) electrons. The van der Waals surface area contributed by atoms with Gasteiger partial charge in [-0.25, -0.2) is 0 Å². The minimum atomic E-state index is -0.563. The van der Waals surface area contributed by atoms with Crippen LogP contribution in [0, 0.1) is 5.92 Å². The lowest BCUT2D eigenvalue weighted by Gasteiger charge is -2.34. The maximum absolute atomic E-state index is 12.2. The van der Waals surface area contributed by atoms with E-state index in [-0.39, 0.29) is 49.1 Å². The van der Waals surface area contributed by atoms with Crippen molar-refractivity contribution in [1.82, 2.24) is 15.1 Å². The highest BCUT2D eigenvalue weighted by Gasteiger charge is 2.23. The molecule has 26 heavy (non-hydrogen) atoms. The first kappa shape index (κ1) is 25.1. The van der Waals surface area contributed by atoms with Crippen LogP contribution in [0.3, 0.4) is 0 Å². The van der Waals surface area contributed by atoms with Gasteiger partial charge in [-0.05, 0) is 23.8 Å². The molecule has 0 aliphatic carbocycles. The molecule has 0 spiro atoms. The molecule has 3 N–H and O–H groups in total. The summed E-state index contributed by atoms with van der Waals surface area (Å²) in [5.41, 5.74) is 5.77. The largest absolute Gasteiger partial charge is 0.346 e. The van der Waals surface area contributed by atoms with Crippen molar-refractivity contribution in [2.24, 2.45) is 11.7 Å². The van der Waals surface area contributed by atoms with E-state index < -0.39 is 6.04 Å². The van der Waals surface area contributed by atoms with Crippen LogP contribution < -0.4 is 11.1 Å². The lowest BCUT2D eigenvalue weighted by Crippen LogP contribution is -2.53. The molecule has 9 heteroatoms. The monoisotopic (exact) mass is 424 g/mol. The van der Waals surface area contributed by atoms with Gasteiger partial charge in [0.1, 0.15) is 0 Å². The van der Waals surface area contributed by atoms with E-state index in [9.17, 15) is 9.59 Å². The van der Waals surface area contributed by atoms with Gasteiger partial charge in [0, 0.05) is 37.6 Å². The zero-order chi connectivity index (χ0) is 17.5. The summed E-state index contributed by atoms with van der Waals surface area (Å²) in [6, 6.07) is 3.68. The van der Waals surface area contributed by atoms with Gasteiger partial charge in [-0.15, -0.1) is 36.2 Å². The fraction of sp³-hybridized carbons (Fsp3) is 0.647. The zero-order valence-electron chi connectivity index (χ0n) is 15.3. The predicted octanol–water partition coefficient (Wildman–Crippen LogP) is 1.38. The summed E-state index contributed by atoms with van der Waals surface area (Å²) in [6.07, 6.45) is 1.06. The Morgan fingerprint density at radius 1 is 1.23 bits per heavy atom. The molecule has 1 fully saturated rings. The summed E-state index contributed by atoms with van der Waals surface area (Å²) in [5, 5.41) is 4.75. The molecule has 150 valence electrons. The summed E-state index contributed by atoms with van der Waals surface area (Å²) in [4.78, 5) is 29.6. The molecule has 0 saturated carbocycles. The first-order chi connectivity index (χ1) is 11.5. The third kappa shape index (κ3) is 7.80. The van der Waals surface area contributed by atoms with E-state index in [0.29, 0.717) is 0 Å². The van der Waals surface area contributed by atoms with Crippen molar-refractivity contribution in [3.05, 3.63) is 22.4 Å². The van der Waals surface area contributed by atoms with Gasteiger partial charge in [0.05, 0.1) is 12.6 Å². The Bertz CT molecular complexity index is 535. The maximum atomic E-state index is 12.2. The Labute approximate surface area is 172 Å². The summed E-state index contributed by atoms with van der Waals surface area (Å²) < 4.78 is 0. The zero-order valence-corrected chi connectivity index (χ0v) is 17.8. The number of carbonyl (C=O) groups excluding carboxylic acids is 2. The molecule has 6 nitrogen and oxygen atoms in total. The van der Waals surface area contributed by atoms with Crippen molar-refractivity contribution in [1.29, 1.82) is 0 Å². The summed E-state index contributed by atoms with van der Waals surface area (Å²) in [6.45, 7) is 8.05. The van der Waals surface area contributed by atoms with Gasteiger partial charge in [-0.1, -0.05) is 19.9 Å². The number of halogens is 2. The number of thiophene rings is 1. The molecule has 1 saturated heterocycles. The van der Waals surface area contributed by atoms with Gasteiger partial charge in [-0.2, -0.15) is 0 Å². The third-order valence-corrected chi connectivity index (χ3v) is 5.35. The van der Waals surface area contributed by atoms with Crippen LogP contribution in [-0.2, 0) is 16.0 Å². The molecule has 1 aromatic heterocycles. The number of carbonyl (C=O) groups is 2. The Balaban J connectivity index is 0.00000312. The van der Waals surface area contributed by atoms with Crippen LogP contribution in [0.2, 0.25) is 0 Å². The van der Waals surface area contributed by atoms with E-state index in [4.69, 9.17) is 5.73 Å². The normalized spacial score (nSPS) is 15.8. The highest BCUT2D eigenvalue weighted by atomic mass is 35.5. The van der Waals surface area contributed by atoms with E-state index in [1.54, 1.807) is 11.3 Å². The smallest absolute Gasteiger partial charge is 0.242 e. The lowest BCUT2D eigenvalue weighted by atomic mass is 10.1. The van der Waals surface area contributed by atoms with Crippen LogP contribution in [0.25, 0.3) is 0 Å². The topological polar surface area (TPSA) is 78.7 Å². The average molecular weight is 425 g/mol. The Kier molecular flexibility index (Phi) is 12.1. The standard InChI is InChI=1S/C17H28N4O2S.2ClH/c1-13(2)16(18)17(23)19-12-15(22)21-9-7-20(8-10-21)6-5-14-4-3-11-24-14;;/h3-4,11,13,16H,5-10,12,18H2,1-2H3,(H,19,23);2*1H/t16-;;/m0../s1. The van der Waals surface area contributed by atoms with Crippen LogP contribution in [-0.4, -0.2) is 66.9 Å². The number of nitrogens with two attached hydrogens (primary N) is 1. The second-order valence-corrected chi connectivity index (χ2v) is 7.57. The number of hydrogen-bond acceptors (Lipinski definition) is 5. The van der Waals surface area contributed by atoms with Gasteiger partial charge >= 0.3 is 0 Å². The van der Waals surface area contributed by atoms with Gasteiger partial charge in [0.2, 0.25) is 11.8 Å². The number of nitrogens with zero attached hydrogens (tertiary/aromatic N) is 2. The molecule has 0 unspecified atom stereocenters. The van der Waals surface area contributed by atoms with Crippen molar-refractivity contribution in [3.8, 4) is 0 Å². The average Bonchev–Trinajstić information content (AvgIpc) is 3.10. The second kappa shape index (κ2) is 12.5. The van der Waals surface area contributed by atoms with Crippen molar-refractivity contribution < 1.29 is 9.59 Å². The van der Waals surface area contributed by atoms with Crippen molar-refractivity contribution in [3.63, 3.8) is 0 Å². The predicted molar refractivity (Wildman–Crippen MR) is 111 cm³/mol. The minimum absolute atomic E-state index is 0. The van der Waals surface area contributed by atoms with Gasteiger partial charge in [0.15, 0.2) is 0 Å². The van der Waals surface area contributed by atoms with E-state index in [2.05, 4.69) is 27.7 Å². The van der Waals surface area contributed by atoms with Crippen molar-refractivity contribution >= 4 is 48.0 Å². The van der Waals surface area contributed by atoms with E-state index in [0.717, 1.165) is 39.1 Å². The van der Waals surface area contributed by atoms with Gasteiger partial charge in [-0.3, -0.25) is 14.5 Å². The van der Waals surface area contributed by atoms with Crippen molar-refractivity contribution in [2.45, 2.75) is 26.3 Å². The second-order valence-electron chi connectivity index (χ2n) is 6.54. The lowest BCUT2D eigenvalue weighted by molar-refractivity contribution is -0.134. The van der Waals surface area contributed by atoms with Crippen molar-refractivity contribution in [2.75, 3.05) is 39.3 Å². The molecular formula is C17H30Cl2N4O2S. The molecule has 2 rings (SSSR count). The highest BCUT2D eigenvalue weighted by molar-refractivity contribution is 7.09. The minimum Gasteiger partial charge on any atom is -0.346 e. The highest BCUT2D eigenvalue weighted by Crippen LogP contribution is 2.11. The number of nitrogens with one attached hydrogen (secondary N) is 1. The molecule has 2 amide bonds. The quantitative estimate of drug-likeness (QED) is 0.692. The molecule has 2 heterocycles. The van der Waals surface area contributed by atoms with Crippen LogP contribution in [0.5, 0.6) is 0 Å². The summed E-state index contributed by atoms with van der Waals surface area (Å²) >= 11 is 1.79. The Morgan fingerprint density at radius 2 is 1.88 bits per heavy atom. The molecule has 1 aliphatic heterocycles. The molecule has 0 bridgehead atoms. The van der Waals surface area contributed by atoms with Gasteiger partial charge in [0.25, 0.3) is 0 Å². The first-order valence-corrected chi connectivity index (χ1v) is 9.41. The van der Waals surface area contributed by atoms with E-state index in [1.807, 2.05) is 18.7 Å². The van der Waals surface area contributed by atoms with Crippen LogP contribution in [0.4, 0.5) is 0 Å². The Hall–Kier alpha value is -0.860. The Morgan fingerprint density at radius 3 is 2.42 bits per heavy atom. The number of piperazine rings is 1. The number of rotatable bonds is 7.